The predicted molar refractivity (Wildman–Crippen MR) is 116 cm³/mol. The van der Waals surface area contributed by atoms with Gasteiger partial charge in [0.05, 0.1) is 16.3 Å². The first kappa shape index (κ1) is 23.6. The van der Waals surface area contributed by atoms with Gasteiger partial charge in [-0.1, -0.05) is 0 Å². The molecule has 0 atom stereocenters. The Kier molecular flexibility index (Phi) is 6.31. The first-order chi connectivity index (χ1) is 15.3. The molecule has 3 rings (SSSR count). The third kappa shape index (κ3) is 5.80. The summed E-state index contributed by atoms with van der Waals surface area (Å²) in [5.74, 6) is -0.574. The monoisotopic (exact) mass is 493 g/mol. The number of hydrogen-bond acceptors (Lipinski definition) is 13. The van der Waals surface area contributed by atoms with Gasteiger partial charge in [0.2, 0.25) is 5.95 Å². The SMILES string of the molecule is Nc1nc(N)c(/N=N/c2ccc(/N=N/c3ccc(S(=O)(=O)O)cc3)cc2S(=O)(=O)O)c(N)n1. The van der Waals surface area contributed by atoms with Crippen LogP contribution in [-0.2, 0) is 20.2 Å². The second-order valence-corrected chi connectivity index (χ2v) is 9.01. The molecule has 172 valence electrons. The number of aromatic nitrogens is 2. The Morgan fingerprint density at radius 1 is 0.697 bits per heavy atom. The van der Waals surface area contributed by atoms with Crippen molar-refractivity contribution in [1.82, 2.24) is 9.97 Å². The molecule has 33 heavy (non-hydrogen) atoms. The van der Waals surface area contributed by atoms with Crippen LogP contribution >= 0.6 is 0 Å². The lowest BCUT2D eigenvalue weighted by molar-refractivity contribution is 0.481. The first-order valence-electron chi connectivity index (χ1n) is 8.55. The number of benzene rings is 2. The fraction of sp³-hybridized carbons (Fsp3) is 0. The lowest BCUT2D eigenvalue weighted by atomic mass is 10.3. The average molecular weight is 493 g/mol. The molecule has 17 heteroatoms. The molecule has 0 radical (unpaired) electrons. The van der Waals surface area contributed by atoms with Crippen molar-refractivity contribution < 1.29 is 25.9 Å². The number of hydrogen-bond donors (Lipinski definition) is 5. The fourth-order valence-corrected chi connectivity index (χ4v) is 3.49. The second-order valence-electron chi connectivity index (χ2n) is 6.20. The van der Waals surface area contributed by atoms with E-state index in [9.17, 15) is 21.4 Å². The van der Waals surface area contributed by atoms with Crippen LogP contribution in [0.4, 0.5) is 40.3 Å². The van der Waals surface area contributed by atoms with Crippen LogP contribution in [0.25, 0.3) is 0 Å². The maximum atomic E-state index is 11.8. The summed E-state index contributed by atoms with van der Waals surface area (Å²) in [5.41, 5.74) is 16.5. The van der Waals surface area contributed by atoms with Crippen LogP contribution in [0.3, 0.4) is 0 Å². The molecule has 0 saturated heterocycles. The van der Waals surface area contributed by atoms with Crippen molar-refractivity contribution >= 4 is 60.6 Å². The quantitative estimate of drug-likeness (QED) is 0.246. The smallest absolute Gasteiger partial charge is 0.296 e. The standard InChI is InChI=1S/C16H15N9O6S2/c17-14-13(15(18)21-16(19)20-14)25-24-11-6-3-9(7-12(11)33(29,30)31)23-22-8-1-4-10(5-2-8)32(26,27)28/h1-7H,(H,26,27,28)(H,29,30,31)(H6,17,18,19,20,21)/b23-22+,25-24+. The zero-order valence-electron chi connectivity index (χ0n) is 16.3. The molecule has 1 aromatic heterocycles. The minimum atomic E-state index is -4.76. The normalized spacial score (nSPS) is 12.5. The topological polar surface area (TPSA) is 262 Å². The van der Waals surface area contributed by atoms with Gasteiger partial charge in [-0.15, -0.1) is 10.2 Å². The van der Waals surface area contributed by atoms with Gasteiger partial charge in [-0.3, -0.25) is 9.11 Å². The van der Waals surface area contributed by atoms with E-state index in [2.05, 4.69) is 30.4 Å². The van der Waals surface area contributed by atoms with Crippen molar-refractivity contribution in [1.29, 1.82) is 0 Å². The Labute approximate surface area is 186 Å². The molecule has 0 fully saturated rings. The van der Waals surface area contributed by atoms with Crippen molar-refractivity contribution in [2.45, 2.75) is 9.79 Å². The molecule has 0 spiro atoms. The van der Waals surface area contributed by atoms with Gasteiger partial charge in [0, 0.05) is 0 Å². The van der Waals surface area contributed by atoms with Crippen LogP contribution in [-0.4, -0.2) is 35.9 Å². The highest BCUT2D eigenvalue weighted by Gasteiger charge is 2.17. The maximum absolute atomic E-state index is 11.8. The van der Waals surface area contributed by atoms with Crippen molar-refractivity contribution in [3.63, 3.8) is 0 Å². The van der Waals surface area contributed by atoms with Crippen LogP contribution in [0.15, 0.2) is 72.7 Å². The minimum absolute atomic E-state index is 0.00952. The summed E-state index contributed by atoms with van der Waals surface area (Å²) in [5, 5.41) is 15.1. The van der Waals surface area contributed by atoms with Crippen molar-refractivity contribution in [3.8, 4) is 0 Å². The third-order valence-corrected chi connectivity index (χ3v) is 5.60. The van der Waals surface area contributed by atoms with Gasteiger partial charge in [0.1, 0.15) is 10.6 Å². The molecule has 0 aliphatic heterocycles. The molecular formula is C16H15N9O6S2. The second kappa shape index (κ2) is 8.82. The summed E-state index contributed by atoms with van der Waals surface area (Å²) in [4.78, 5) is 6.37. The molecule has 1 heterocycles. The van der Waals surface area contributed by atoms with E-state index in [1.54, 1.807) is 0 Å². The fourth-order valence-electron chi connectivity index (χ4n) is 2.37. The van der Waals surface area contributed by atoms with E-state index in [4.69, 9.17) is 21.8 Å². The number of azo groups is 2. The molecule has 15 nitrogen and oxygen atoms in total. The number of nitrogen functional groups attached to an aromatic ring is 3. The van der Waals surface area contributed by atoms with Gasteiger partial charge >= 0.3 is 0 Å². The highest BCUT2D eigenvalue weighted by Crippen LogP contribution is 2.33. The lowest BCUT2D eigenvalue weighted by Gasteiger charge is -2.05. The first-order valence-corrected chi connectivity index (χ1v) is 11.4. The Balaban J connectivity index is 1.94. The Morgan fingerprint density at radius 3 is 1.79 bits per heavy atom. The number of nitrogens with zero attached hydrogens (tertiary/aromatic N) is 6. The molecule has 8 N–H and O–H groups in total. The number of nitrogens with two attached hydrogens (primary N) is 3. The van der Waals surface area contributed by atoms with E-state index in [0.29, 0.717) is 0 Å². The molecule has 0 aliphatic carbocycles. The summed E-state index contributed by atoms with van der Waals surface area (Å²) in [7, 11) is -9.12. The number of rotatable bonds is 6. The van der Waals surface area contributed by atoms with Gasteiger partial charge in [0.15, 0.2) is 17.3 Å². The molecule has 2 aromatic carbocycles. The minimum Gasteiger partial charge on any atom is -0.382 e. The van der Waals surface area contributed by atoms with Gasteiger partial charge in [-0.25, -0.2) is 0 Å². The van der Waals surface area contributed by atoms with Crippen LogP contribution < -0.4 is 17.2 Å². The van der Waals surface area contributed by atoms with Crippen LogP contribution in [0, 0.1) is 0 Å². The predicted octanol–water partition coefficient (Wildman–Crippen LogP) is 2.55. The van der Waals surface area contributed by atoms with E-state index in [1.165, 1.54) is 24.3 Å². The van der Waals surface area contributed by atoms with E-state index in [0.717, 1.165) is 18.2 Å². The summed E-state index contributed by atoms with van der Waals surface area (Å²) < 4.78 is 64.3. The number of anilines is 3. The zero-order valence-corrected chi connectivity index (χ0v) is 17.9. The van der Waals surface area contributed by atoms with Crippen molar-refractivity contribution in [3.05, 3.63) is 42.5 Å². The summed E-state index contributed by atoms with van der Waals surface area (Å²) in [6.07, 6.45) is 0. The summed E-state index contributed by atoms with van der Waals surface area (Å²) >= 11 is 0. The van der Waals surface area contributed by atoms with Gasteiger partial charge in [0.25, 0.3) is 20.2 Å². The Bertz CT molecular complexity index is 1460. The van der Waals surface area contributed by atoms with E-state index >= 15 is 0 Å². The molecule has 0 aliphatic rings. The van der Waals surface area contributed by atoms with E-state index in [1.807, 2.05) is 0 Å². The molecular weight excluding hydrogens is 478 g/mol. The van der Waals surface area contributed by atoms with Crippen molar-refractivity contribution in [2.75, 3.05) is 17.2 Å². The van der Waals surface area contributed by atoms with Gasteiger partial charge in [-0.2, -0.15) is 37.0 Å². The van der Waals surface area contributed by atoms with Crippen LogP contribution in [0.5, 0.6) is 0 Å². The molecule has 0 amide bonds. The highest BCUT2D eigenvalue weighted by atomic mass is 32.2. The van der Waals surface area contributed by atoms with Gasteiger partial charge in [-0.05, 0) is 42.5 Å². The summed E-state index contributed by atoms with van der Waals surface area (Å²) in [6.45, 7) is 0. The average Bonchev–Trinajstić information content (AvgIpc) is 2.71. The summed E-state index contributed by atoms with van der Waals surface area (Å²) in [6, 6.07) is 8.24. The maximum Gasteiger partial charge on any atom is 0.296 e. The Morgan fingerprint density at radius 2 is 1.24 bits per heavy atom. The van der Waals surface area contributed by atoms with Gasteiger partial charge < -0.3 is 17.2 Å². The zero-order chi connectivity index (χ0) is 24.4. The van der Waals surface area contributed by atoms with E-state index < -0.39 is 25.1 Å². The molecule has 0 bridgehead atoms. The molecule has 0 unspecified atom stereocenters. The molecule has 0 saturated carbocycles. The third-order valence-electron chi connectivity index (χ3n) is 3.85. The molecule has 3 aromatic rings. The van der Waals surface area contributed by atoms with Crippen molar-refractivity contribution in [2.24, 2.45) is 20.5 Å². The van der Waals surface area contributed by atoms with E-state index in [-0.39, 0.29) is 45.2 Å². The Hall–Kier alpha value is -4.06. The van der Waals surface area contributed by atoms with Crippen LogP contribution in [0.2, 0.25) is 0 Å². The van der Waals surface area contributed by atoms with Crippen LogP contribution in [0.1, 0.15) is 0 Å². The highest BCUT2D eigenvalue weighted by molar-refractivity contribution is 7.86. The largest absolute Gasteiger partial charge is 0.382 e. The lowest BCUT2D eigenvalue weighted by Crippen LogP contribution is -2.03.